The maximum atomic E-state index is 14.4. The summed E-state index contributed by atoms with van der Waals surface area (Å²) in [5, 5.41) is 0. The Morgan fingerprint density at radius 3 is 2.37 bits per heavy atom. The summed E-state index contributed by atoms with van der Waals surface area (Å²) in [6.45, 7) is 8.06. The van der Waals surface area contributed by atoms with Gasteiger partial charge in [0.25, 0.3) is 0 Å². The number of nitrogens with zero attached hydrogens (tertiary/aromatic N) is 1. The van der Waals surface area contributed by atoms with Crippen LogP contribution in [0.1, 0.15) is 48.6 Å². The molecule has 3 aromatic rings. The molecule has 0 radical (unpaired) electrons. The van der Waals surface area contributed by atoms with Gasteiger partial charge in [0, 0.05) is 12.0 Å². The molecule has 3 aromatic carbocycles. The molecule has 2 nitrogen and oxygen atoms in total. The molecule has 30 heavy (non-hydrogen) atoms. The van der Waals surface area contributed by atoms with E-state index in [0.29, 0.717) is 6.54 Å². The lowest BCUT2D eigenvalue weighted by molar-refractivity contribution is -0.544. The van der Waals surface area contributed by atoms with Gasteiger partial charge in [-0.05, 0) is 59.0 Å². The van der Waals surface area contributed by atoms with Crippen LogP contribution in [-0.4, -0.2) is 23.9 Å². The van der Waals surface area contributed by atoms with E-state index < -0.39 is 0 Å². The molecule has 0 atom stereocenters. The lowest BCUT2D eigenvalue weighted by Gasteiger charge is -2.22. The maximum Gasteiger partial charge on any atom is 0.215 e. The lowest BCUT2D eigenvalue weighted by Crippen LogP contribution is -2.31. The van der Waals surface area contributed by atoms with Crippen LogP contribution >= 0.6 is 0 Å². The second kappa shape index (κ2) is 8.06. The molecule has 154 valence electrons. The number of halogens is 1. The first-order valence-electron chi connectivity index (χ1n) is 10.5. The second-order valence-electron chi connectivity index (χ2n) is 8.96. The highest BCUT2D eigenvalue weighted by Gasteiger charge is 2.28. The third-order valence-electron chi connectivity index (χ3n) is 5.88. The number of hydrogen-bond donors (Lipinski definition) is 0. The van der Waals surface area contributed by atoms with Crippen molar-refractivity contribution in [3.63, 3.8) is 0 Å². The Bertz CT molecular complexity index is 1090. The first kappa shape index (κ1) is 20.3. The summed E-state index contributed by atoms with van der Waals surface area (Å²) in [5.74, 6) is 0.721. The fraction of sp³-hybridized carbons (Fsp3) is 0.296. The number of fused-ring (bicyclic) bond motifs is 1. The molecular formula is C27H29FNO+. The van der Waals surface area contributed by atoms with Crippen LogP contribution in [0.3, 0.4) is 0 Å². The molecule has 1 heterocycles. The van der Waals surface area contributed by atoms with Crippen molar-refractivity contribution >= 4 is 5.71 Å². The summed E-state index contributed by atoms with van der Waals surface area (Å²) in [7, 11) is 1.70. The zero-order valence-electron chi connectivity index (χ0n) is 18.2. The highest BCUT2D eigenvalue weighted by molar-refractivity contribution is 6.11. The quantitative estimate of drug-likeness (QED) is 0.507. The molecule has 1 aliphatic rings. The van der Waals surface area contributed by atoms with Crippen LogP contribution < -0.4 is 4.74 Å². The van der Waals surface area contributed by atoms with Gasteiger partial charge < -0.3 is 4.74 Å². The van der Waals surface area contributed by atoms with Crippen molar-refractivity contribution in [2.45, 2.75) is 39.2 Å². The lowest BCUT2D eigenvalue weighted by atomic mass is 9.85. The van der Waals surface area contributed by atoms with Crippen LogP contribution in [-0.2, 0) is 18.4 Å². The predicted molar refractivity (Wildman–Crippen MR) is 120 cm³/mol. The summed E-state index contributed by atoms with van der Waals surface area (Å²) >= 11 is 0. The van der Waals surface area contributed by atoms with Gasteiger partial charge >= 0.3 is 0 Å². The molecule has 1 aliphatic heterocycles. The largest absolute Gasteiger partial charge is 0.497 e. The Morgan fingerprint density at radius 2 is 1.70 bits per heavy atom. The van der Waals surface area contributed by atoms with E-state index in [0.717, 1.165) is 35.6 Å². The second-order valence-corrected chi connectivity index (χ2v) is 8.96. The smallest absolute Gasteiger partial charge is 0.215 e. The maximum absolute atomic E-state index is 14.4. The summed E-state index contributed by atoms with van der Waals surface area (Å²) in [6.07, 6.45) is 0.907. The molecule has 0 spiro atoms. The Morgan fingerprint density at radius 1 is 0.967 bits per heavy atom. The summed E-state index contributed by atoms with van der Waals surface area (Å²) in [6, 6.07) is 22.1. The molecule has 0 amide bonds. The fourth-order valence-electron chi connectivity index (χ4n) is 4.13. The first-order valence-corrected chi connectivity index (χ1v) is 10.5. The minimum atomic E-state index is -0.152. The van der Waals surface area contributed by atoms with Crippen molar-refractivity contribution in [3.05, 3.63) is 100 Å². The monoisotopic (exact) mass is 402 g/mol. The van der Waals surface area contributed by atoms with Crippen molar-refractivity contribution < 1.29 is 13.7 Å². The molecule has 0 saturated carbocycles. The van der Waals surface area contributed by atoms with E-state index in [1.807, 2.05) is 18.2 Å². The molecular weight excluding hydrogens is 373 g/mol. The van der Waals surface area contributed by atoms with Crippen molar-refractivity contribution in [2.24, 2.45) is 0 Å². The third-order valence-corrected chi connectivity index (χ3v) is 5.88. The highest BCUT2D eigenvalue weighted by atomic mass is 19.1. The standard InChI is InChI=1S/C27H29FNO/c1-27(2,3)22-11-9-19(10-12-22)26-24-14-13-23(30-4)17-20(24)15-16-29(26)18-21-7-5-6-8-25(21)28/h5-14,17H,15-16,18H2,1-4H3/q+1. The topological polar surface area (TPSA) is 12.2 Å². The molecule has 0 bridgehead atoms. The van der Waals surface area contributed by atoms with E-state index in [2.05, 4.69) is 61.7 Å². The molecule has 0 N–H and O–H groups in total. The van der Waals surface area contributed by atoms with Crippen LogP contribution in [0.15, 0.2) is 66.7 Å². The van der Waals surface area contributed by atoms with E-state index in [-0.39, 0.29) is 11.2 Å². The molecule has 0 aliphatic carbocycles. The van der Waals surface area contributed by atoms with Crippen molar-refractivity contribution in [1.29, 1.82) is 0 Å². The SMILES string of the molecule is COc1ccc2c(c1)CC[N+](Cc1ccccc1F)=C2c1ccc(C(C)(C)C)cc1. The Kier molecular flexibility index (Phi) is 5.46. The van der Waals surface area contributed by atoms with Crippen molar-refractivity contribution in [3.8, 4) is 5.75 Å². The molecule has 0 aromatic heterocycles. The summed E-state index contributed by atoms with van der Waals surface area (Å²) in [5.41, 5.74) is 6.91. The van der Waals surface area contributed by atoms with E-state index in [1.54, 1.807) is 13.2 Å². The van der Waals surface area contributed by atoms with Gasteiger partial charge in [0.15, 0.2) is 6.54 Å². The van der Waals surface area contributed by atoms with Gasteiger partial charge in [0.05, 0.1) is 18.2 Å². The number of ether oxygens (including phenoxy) is 1. The van der Waals surface area contributed by atoms with E-state index >= 15 is 0 Å². The highest BCUT2D eigenvalue weighted by Crippen LogP contribution is 2.28. The van der Waals surface area contributed by atoms with Gasteiger partial charge in [-0.2, -0.15) is 0 Å². The Labute approximate surface area is 178 Å². The first-order chi connectivity index (χ1) is 14.4. The van der Waals surface area contributed by atoms with Gasteiger partial charge in [-0.1, -0.05) is 45.0 Å². The number of rotatable bonds is 4. The number of methoxy groups -OCH3 is 1. The zero-order valence-corrected chi connectivity index (χ0v) is 18.2. The van der Waals surface area contributed by atoms with Crippen LogP contribution in [0.2, 0.25) is 0 Å². The van der Waals surface area contributed by atoms with Crippen LogP contribution in [0.4, 0.5) is 4.39 Å². The molecule has 0 unspecified atom stereocenters. The predicted octanol–water partition coefficient (Wildman–Crippen LogP) is 5.74. The Hall–Kier alpha value is -2.94. The normalized spacial score (nSPS) is 13.9. The van der Waals surface area contributed by atoms with Crippen molar-refractivity contribution in [2.75, 3.05) is 13.7 Å². The van der Waals surface area contributed by atoms with Crippen LogP contribution in [0, 0.1) is 5.82 Å². The summed E-state index contributed by atoms with van der Waals surface area (Å²) in [4.78, 5) is 0. The van der Waals surface area contributed by atoms with Gasteiger partial charge in [0.2, 0.25) is 5.71 Å². The molecule has 4 rings (SSSR count). The van der Waals surface area contributed by atoms with E-state index in [1.165, 1.54) is 22.8 Å². The van der Waals surface area contributed by atoms with Crippen molar-refractivity contribution in [1.82, 2.24) is 0 Å². The summed E-state index contributed by atoms with van der Waals surface area (Å²) < 4.78 is 22.1. The van der Waals surface area contributed by atoms with E-state index in [4.69, 9.17) is 4.74 Å². The number of hydrogen-bond acceptors (Lipinski definition) is 1. The van der Waals surface area contributed by atoms with Gasteiger partial charge in [0.1, 0.15) is 18.1 Å². The third kappa shape index (κ3) is 4.02. The average Bonchev–Trinajstić information content (AvgIpc) is 2.74. The van der Waals surface area contributed by atoms with E-state index in [9.17, 15) is 4.39 Å². The van der Waals surface area contributed by atoms with Gasteiger partial charge in [-0.3, -0.25) is 0 Å². The zero-order chi connectivity index (χ0) is 21.3. The molecule has 0 saturated heterocycles. The van der Waals surface area contributed by atoms with Gasteiger partial charge in [-0.15, -0.1) is 0 Å². The van der Waals surface area contributed by atoms with Crippen LogP contribution in [0.5, 0.6) is 5.75 Å². The molecule has 0 fully saturated rings. The minimum Gasteiger partial charge on any atom is -0.497 e. The van der Waals surface area contributed by atoms with Crippen LogP contribution in [0.25, 0.3) is 0 Å². The average molecular weight is 403 g/mol. The number of benzene rings is 3. The minimum absolute atomic E-state index is 0.105. The Balaban J connectivity index is 1.84. The molecule has 3 heteroatoms. The fourth-order valence-corrected chi connectivity index (χ4v) is 4.13. The van der Waals surface area contributed by atoms with Gasteiger partial charge in [-0.25, -0.2) is 8.97 Å².